The lowest BCUT2D eigenvalue weighted by molar-refractivity contribution is -0.125. The number of carbonyl (C=O) groups excluding carboxylic acids is 2. The van der Waals surface area contributed by atoms with Gasteiger partial charge in [0.1, 0.15) is 11.6 Å². The van der Waals surface area contributed by atoms with E-state index in [0.29, 0.717) is 5.01 Å². The van der Waals surface area contributed by atoms with Crippen LogP contribution in [0.5, 0.6) is 0 Å². The molecule has 10 heteroatoms. The van der Waals surface area contributed by atoms with E-state index in [1.807, 2.05) is 24.3 Å². The van der Waals surface area contributed by atoms with E-state index >= 15 is 0 Å². The highest BCUT2D eigenvalue weighted by atomic mass is 32.2. The maximum absolute atomic E-state index is 12.0. The molecule has 2 N–H and O–H groups in total. The quantitative estimate of drug-likeness (QED) is 0.536. The summed E-state index contributed by atoms with van der Waals surface area (Å²) in [5, 5.41) is 13.8. The summed E-state index contributed by atoms with van der Waals surface area (Å²) in [6.07, 6.45) is 1.20. The van der Waals surface area contributed by atoms with Crippen LogP contribution in [0.15, 0.2) is 47.4 Å². The minimum Gasteiger partial charge on any atom is -0.347 e. The van der Waals surface area contributed by atoms with E-state index in [4.69, 9.17) is 5.26 Å². The molecular formula is C20H18N4O4S2. The third-order valence-electron chi connectivity index (χ3n) is 4.15. The molecule has 0 aliphatic rings. The van der Waals surface area contributed by atoms with Crippen LogP contribution < -0.4 is 10.6 Å². The van der Waals surface area contributed by atoms with Gasteiger partial charge in [0.2, 0.25) is 11.8 Å². The lowest BCUT2D eigenvalue weighted by Gasteiger charge is -2.04. The van der Waals surface area contributed by atoms with Gasteiger partial charge in [-0.15, -0.1) is 11.3 Å². The van der Waals surface area contributed by atoms with Gasteiger partial charge in [0.15, 0.2) is 9.84 Å². The van der Waals surface area contributed by atoms with Crippen LogP contribution in [0.4, 0.5) is 0 Å². The number of carbonyl (C=O) groups is 2. The first-order valence-electron chi connectivity index (χ1n) is 8.86. The van der Waals surface area contributed by atoms with E-state index in [1.54, 1.807) is 24.3 Å². The van der Waals surface area contributed by atoms with Gasteiger partial charge in [0.25, 0.3) is 0 Å². The topological polar surface area (TPSA) is 129 Å². The van der Waals surface area contributed by atoms with Crippen LogP contribution in [0.1, 0.15) is 5.01 Å². The van der Waals surface area contributed by atoms with Crippen LogP contribution in [-0.4, -0.2) is 44.6 Å². The molecule has 0 aliphatic heterocycles. The number of nitrogens with one attached hydrogen (secondary N) is 2. The smallest absolute Gasteiger partial charge is 0.240 e. The lowest BCUT2D eigenvalue weighted by Crippen LogP contribution is -2.37. The Morgan fingerprint density at radius 1 is 1.10 bits per heavy atom. The summed E-state index contributed by atoms with van der Waals surface area (Å²) < 4.78 is 24.5. The van der Waals surface area contributed by atoms with Gasteiger partial charge in [-0.2, -0.15) is 5.26 Å². The van der Waals surface area contributed by atoms with Gasteiger partial charge >= 0.3 is 0 Å². The molecule has 0 atom stereocenters. The van der Waals surface area contributed by atoms with Crippen molar-refractivity contribution < 1.29 is 18.0 Å². The fourth-order valence-corrected chi connectivity index (χ4v) is 4.39. The minimum absolute atomic E-state index is 0.0315. The molecule has 0 aliphatic carbocycles. The van der Waals surface area contributed by atoms with E-state index in [0.717, 1.165) is 21.3 Å². The number of benzene rings is 2. The molecule has 3 aromatic rings. The Labute approximate surface area is 177 Å². The molecule has 2 aromatic carbocycles. The molecule has 2 amide bonds. The molecule has 0 saturated carbocycles. The van der Waals surface area contributed by atoms with E-state index in [2.05, 4.69) is 15.6 Å². The van der Waals surface area contributed by atoms with E-state index < -0.39 is 15.7 Å². The number of nitriles is 1. The van der Waals surface area contributed by atoms with Gasteiger partial charge in [0, 0.05) is 6.26 Å². The maximum Gasteiger partial charge on any atom is 0.240 e. The second kappa shape index (κ2) is 9.02. The van der Waals surface area contributed by atoms with Crippen molar-refractivity contribution in [3.05, 3.63) is 47.5 Å². The van der Waals surface area contributed by atoms with Crippen molar-refractivity contribution in [3.8, 4) is 17.2 Å². The number of fused-ring (bicyclic) bond motifs is 1. The van der Waals surface area contributed by atoms with Crippen LogP contribution in [0.3, 0.4) is 0 Å². The maximum atomic E-state index is 12.0. The predicted molar refractivity (Wildman–Crippen MR) is 114 cm³/mol. The average molecular weight is 443 g/mol. The van der Waals surface area contributed by atoms with Crippen molar-refractivity contribution in [2.75, 3.05) is 19.3 Å². The normalized spacial score (nSPS) is 11.1. The number of rotatable bonds is 7. The molecule has 1 aromatic heterocycles. The van der Waals surface area contributed by atoms with Gasteiger partial charge in [-0.25, -0.2) is 13.4 Å². The lowest BCUT2D eigenvalue weighted by atomic mass is 10.1. The summed E-state index contributed by atoms with van der Waals surface area (Å²) in [7, 11) is -3.30. The van der Waals surface area contributed by atoms with E-state index in [-0.39, 0.29) is 30.3 Å². The van der Waals surface area contributed by atoms with Crippen LogP contribution in [0.2, 0.25) is 0 Å². The zero-order valence-corrected chi connectivity index (χ0v) is 17.6. The van der Waals surface area contributed by atoms with Crippen molar-refractivity contribution in [1.82, 2.24) is 15.6 Å². The number of aromatic nitrogens is 1. The second-order valence-corrected chi connectivity index (χ2v) is 9.61. The third kappa shape index (κ3) is 5.40. The Kier molecular flexibility index (Phi) is 6.44. The van der Waals surface area contributed by atoms with E-state index in [1.165, 1.54) is 17.6 Å². The van der Waals surface area contributed by atoms with Crippen molar-refractivity contribution in [2.45, 2.75) is 11.3 Å². The highest BCUT2D eigenvalue weighted by molar-refractivity contribution is 7.90. The summed E-state index contributed by atoms with van der Waals surface area (Å²) in [6, 6.07) is 14.1. The van der Waals surface area contributed by atoms with Crippen LogP contribution >= 0.6 is 11.3 Å². The summed E-state index contributed by atoms with van der Waals surface area (Å²) in [5.41, 5.74) is 2.36. The van der Waals surface area contributed by atoms with Crippen LogP contribution in [-0.2, 0) is 25.8 Å². The fourth-order valence-electron chi connectivity index (χ4n) is 2.71. The molecular weight excluding hydrogens is 424 g/mol. The molecule has 0 saturated heterocycles. The predicted octanol–water partition coefficient (Wildman–Crippen LogP) is 1.67. The summed E-state index contributed by atoms with van der Waals surface area (Å²) in [6.45, 7) is -0.311. The molecule has 0 fully saturated rings. The Morgan fingerprint density at radius 2 is 1.87 bits per heavy atom. The molecule has 8 nitrogen and oxygen atoms in total. The van der Waals surface area contributed by atoms with Gasteiger partial charge in [-0.3, -0.25) is 9.59 Å². The Bertz CT molecular complexity index is 1260. The van der Waals surface area contributed by atoms with Crippen molar-refractivity contribution in [1.29, 1.82) is 5.26 Å². The largest absolute Gasteiger partial charge is 0.347 e. The first-order valence-corrected chi connectivity index (χ1v) is 11.6. The van der Waals surface area contributed by atoms with Gasteiger partial charge in [0.05, 0.1) is 34.1 Å². The number of thiazole rings is 1. The van der Waals surface area contributed by atoms with Crippen molar-refractivity contribution in [2.24, 2.45) is 0 Å². The number of sulfone groups is 1. The van der Waals surface area contributed by atoms with Gasteiger partial charge in [-0.05, 0) is 35.4 Å². The van der Waals surface area contributed by atoms with Crippen molar-refractivity contribution in [3.63, 3.8) is 0 Å². The number of amides is 2. The molecule has 30 heavy (non-hydrogen) atoms. The monoisotopic (exact) mass is 442 g/mol. The highest BCUT2D eigenvalue weighted by Gasteiger charge is 2.12. The molecule has 3 rings (SSSR count). The first kappa shape index (κ1) is 21.4. The Hall–Kier alpha value is -3.29. The zero-order valence-electron chi connectivity index (χ0n) is 16.0. The van der Waals surface area contributed by atoms with Gasteiger partial charge in [-0.1, -0.05) is 18.2 Å². The summed E-state index contributed by atoms with van der Waals surface area (Å²) in [5.74, 6) is -0.780. The third-order valence-corrected chi connectivity index (χ3v) is 6.28. The van der Waals surface area contributed by atoms with Gasteiger partial charge < -0.3 is 10.6 Å². The molecule has 1 heterocycles. The SMILES string of the molecule is CS(=O)(=O)c1cccc(-c2ccc3nc(CC(=O)NCC(=O)NCC#N)sc3c2)c1. The number of hydrogen-bond donors (Lipinski definition) is 2. The molecule has 0 radical (unpaired) electrons. The highest BCUT2D eigenvalue weighted by Crippen LogP contribution is 2.29. The van der Waals surface area contributed by atoms with Crippen molar-refractivity contribution >= 4 is 43.2 Å². The second-order valence-electron chi connectivity index (χ2n) is 6.48. The number of hydrogen-bond acceptors (Lipinski definition) is 7. The Balaban J connectivity index is 1.73. The zero-order chi connectivity index (χ0) is 21.7. The van der Waals surface area contributed by atoms with Crippen LogP contribution in [0.25, 0.3) is 21.3 Å². The minimum atomic E-state index is -3.30. The fraction of sp³-hybridized carbons (Fsp3) is 0.200. The molecule has 154 valence electrons. The summed E-state index contributed by atoms with van der Waals surface area (Å²) >= 11 is 1.36. The van der Waals surface area contributed by atoms with Crippen LogP contribution in [0, 0.1) is 11.3 Å². The molecule has 0 spiro atoms. The number of nitrogens with zero attached hydrogens (tertiary/aromatic N) is 2. The first-order chi connectivity index (χ1) is 14.3. The molecule has 0 bridgehead atoms. The standard InChI is InChI=1S/C20H18N4O4S2/c1-30(27,28)15-4-2-3-13(9-15)14-5-6-16-17(10-14)29-20(24-16)11-18(25)23-12-19(26)22-8-7-21/h2-6,9-10H,8,11-12H2,1H3,(H,22,26)(H,23,25). The Morgan fingerprint density at radius 3 is 2.60 bits per heavy atom. The summed E-state index contributed by atoms with van der Waals surface area (Å²) in [4.78, 5) is 28.2. The van der Waals surface area contributed by atoms with E-state index in [9.17, 15) is 18.0 Å². The molecule has 0 unspecified atom stereocenters. The average Bonchev–Trinajstić information content (AvgIpc) is 3.11.